The lowest BCUT2D eigenvalue weighted by molar-refractivity contribution is -0.0991. The van der Waals surface area contributed by atoms with E-state index in [0.717, 1.165) is 35.8 Å². The van der Waals surface area contributed by atoms with E-state index in [2.05, 4.69) is 34.2 Å². The van der Waals surface area contributed by atoms with E-state index in [0.29, 0.717) is 5.41 Å². The number of hydrogen-bond donors (Lipinski definition) is 1. The minimum atomic E-state index is 0.323. The Labute approximate surface area is 109 Å². The van der Waals surface area contributed by atoms with E-state index in [1.165, 1.54) is 5.56 Å². The quantitative estimate of drug-likeness (QED) is 0.922. The third-order valence-electron chi connectivity index (χ3n) is 2.77. The monoisotopic (exact) mass is 303 g/mol. The van der Waals surface area contributed by atoms with E-state index in [1.807, 2.05) is 12.1 Å². The Bertz CT molecular complexity index is 379. The normalized spacial score (nSPS) is 18.2. The van der Waals surface area contributed by atoms with Crippen LogP contribution in [0.4, 0.5) is 0 Å². The smallest absolute Gasteiger partial charge is 0.0554 e. The highest BCUT2D eigenvalue weighted by atomic mass is 79.9. The average Bonchev–Trinajstić information content (AvgIpc) is 2.21. The van der Waals surface area contributed by atoms with Crippen LogP contribution in [0.5, 0.6) is 0 Å². The summed E-state index contributed by atoms with van der Waals surface area (Å²) in [6, 6.07) is 6.01. The number of ether oxygens (including phenoxy) is 1. The molecular formula is C12H15BrClNO. The molecule has 0 aromatic heterocycles. The summed E-state index contributed by atoms with van der Waals surface area (Å²) in [6.45, 7) is 5.83. The molecule has 0 radical (unpaired) electrons. The average molecular weight is 305 g/mol. The third kappa shape index (κ3) is 2.98. The van der Waals surface area contributed by atoms with Gasteiger partial charge < -0.3 is 10.1 Å². The van der Waals surface area contributed by atoms with Crippen molar-refractivity contribution in [2.45, 2.75) is 13.5 Å². The van der Waals surface area contributed by atoms with E-state index >= 15 is 0 Å². The van der Waals surface area contributed by atoms with Crippen LogP contribution in [0.15, 0.2) is 22.7 Å². The van der Waals surface area contributed by atoms with Gasteiger partial charge in [0.05, 0.1) is 18.2 Å². The zero-order valence-electron chi connectivity index (χ0n) is 9.22. The van der Waals surface area contributed by atoms with Gasteiger partial charge in [-0.15, -0.1) is 0 Å². The second-order valence-corrected chi connectivity index (χ2v) is 5.92. The minimum Gasteiger partial charge on any atom is -0.380 e. The zero-order chi connectivity index (χ0) is 11.6. The molecule has 1 aromatic rings. The Morgan fingerprint density at radius 3 is 2.81 bits per heavy atom. The van der Waals surface area contributed by atoms with Crippen LogP contribution >= 0.6 is 27.5 Å². The molecule has 0 atom stereocenters. The third-order valence-corrected chi connectivity index (χ3v) is 3.98. The van der Waals surface area contributed by atoms with Crippen LogP contribution in [-0.4, -0.2) is 19.8 Å². The second kappa shape index (κ2) is 5.05. The molecule has 0 amide bonds. The maximum Gasteiger partial charge on any atom is 0.0554 e. The zero-order valence-corrected chi connectivity index (χ0v) is 11.6. The fraction of sp³-hybridized carbons (Fsp3) is 0.500. The molecule has 1 saturated heterocycles. The highest BCUT2D eigenvalue weighted by Crippen LogP contribution is 2.26. The van der Waals surface area contributed by atoms with Crippen molar-refractivity contribution >= 4 is 27.5 Å². The van der Waals surface area contributed by atoms with Gasteiger partial charge in [0, 0.05) is 23.0 Å². The lowest BCUT2D eigenvalue weighted by atomic mass is 9.89. The summed E-state index contributed by atoms with van der Waals surface area (Å²) < 4.78 is 6.16. The van der Waals surface area contributed by atoms with Crippen molar-refractivity contribution in [3.05, 3.63) is 33.3 Å². The molecule has 1 aliphatic heterocycles. The fourth-order valence-electron chi connectivity index (χ4n) is 1.71. The highest BCUT2D eigenvalue weighted by molar-refractivity contribution is 9.10. The summed E-state index contributed by atoms with van der Waals surface area (Å²) in [6.07, 6.45) is 0. The molecule has 0 unspecified atom stereocenters. The molecule has 1 fully saturated rings. The minimum absolute atomic E-state index is 0.323. The maximum absolute atomic E-state index is 5.94. The standard InChI is InChI=1S/C12H15BrClNO/c1-12(7-16-8-12)6-15-5-9-2-3-11(14)10(13)4-9/h2-4,15H,5-8H2,1H3. The summed E-state index contributed by atoms with van der Waals surface area (Å²) in [5.41, 5.74) is 1.56. The van der Waals surface area contributed by atoms with Gasteiger partial charge in [-0.05, 0) is 33.6 Å². The lowest BCUT2D eigenvalue weighted by Crippen LogP contribution is -2.47. The van der Waals surface area contributed by atoms with E-state index in [-0.39, 0.29) is 0 Å². The van der Waals surface area contributed by atoms with Crippen LogP contribution < -0.4 is 5.32 Å². The van der Waals surface area contributed by atoms with Crippen molar-refractivity contribution in [3.8, 4) is 0 Å². The molecule has 1 aromatic carbocycles. The molecule has 2 rings (SSSR count). The number of hydrogen-bond acceptors (Lipinski definition) is 2. The molecular weight excluding hydrogens is 289 g/mol. The molecule has 88 valence electrons. The summed E-state index contributed by atoms with van der Waals surface area (Å²) >= 11 is 9.36. The van der Waals surface area contributed by atoms with E-state index in [9.17, 15) is 0 Å². The first kappa shape index (κ1) is 12.4. The van der Waals surface area contributed by atoms with Crippen LogP contribution in [0.3, 0.4) is 0 Å². The van der Waals surface area contributed by atoms with Crippen molar-refractivity contribution in [2.75, 3.05) is 19.8 Å². The summed E-state index contributed by atoms with van der Waals surface area (Å²) in [5, 5.41) is 4.20. The van der Waals surface area contributed by atoms with Crippen LogP contribution in [0.2, 0.25) is 5.02 Å². The number of halogens is 2. The Balaban J connectivity index is 1.83. The van der Waals surface area contributed by atoms with Crippen molar-refractivity contribution in [2.24, 2.45) is 5.41 Å². The second-order valence-electron chi connectivity index (χ2n) is 4.66. The molecule has 16 heavy (non-hydrogen) atoms. The molecule has 4 heteroatoms. The predicted molar refractivity (Wildman–Crippen MR) is 69.8 cm³/mol. The maximum atomic E-state index is 5.94. The first-order chi connectivity index (χ1) is 7.59. The molecule has 2 nitrogen and oxygen atoms in total. The Hall–Kier alpha value is -0.0900. The Morgan fingerprint density at radius 1 is 1.50 bits per heavy atom. The van der Waals surface area contributed by atoms with Crippen molar-refractivity contribution in [1.82, 2.24) is 5.32 Å². The molecule has 0 bridgehead atoms. The van der Waals surface area contributed by atoms with Gasteiger partial charge in [-0.25, -0.2) is 0 Å². The van der Waals surface area contributed by atoms with Crippen molar-refractivity contribution < 1.29 is 4.74 Å². The van der Waals surface area contributed by atoms with Gasteiger partial charge in [-0.3, -0.25) is 0 Å². The summed E-state index contributed by atoms with van der Waals surface area (Å²) in [4.78, 5) is 0. The first-order valence-corrected chi connectivity index (χ1v) is 6.49. The first-order valence-electron chi connectivity index (χ1n) is 5.31. The van der Waals surface area contributed by atoms with E-state index < -0.39 is 0 Å². The van der Waals surface area contributed by atoms with Crippen LogP contribution in [-0.2, 0) is 11.3 Å². The fourth-order valence-corrected chi connectivity index (χ4v) is 2.25. The SMILES string of the molecule is CC1(CNCc2ccc(Cl)c(Br)c2)COC1. The van der Waals surface area contributed by atoms with Crippen LogP contribution in [0.1, 0.15) is 12.5 Å². The Morgan fingerprint density at radius 2 is 2.25 bits per heavy atom. The largest absolute Gasteiger partial charge is 0.380 e. The van der Waals surface area contributed by atoms with Crippen molar-refractivity contribution in [1.29, 1.82) is 0 Å². The van der Waals surface area contributed by atoms with Gasteiger partial charge in [0.15, 0.2) is 0 Å². The van der Waals surface area contributed by atoms with Crippen LogP contribution in [0.25, 0.3) is 0 Å². The van der Waals surface area contributed by atoms with Crippen LogP contribution in [0, 0.1) is 5.41 Å². The Kier molecular flexibility index (Phi) is 3.90. The summed E-state index contributed by atoms with van der Waals surface area (Å²) in [7, 11) is 0. The molecule has 1 aliphatic rings. The van der Waals surface area contributed by atoms with Gasteiger partial charge in [0.2, 0.25) is 0 Å². The molecule has 0 saturated carbocycles. The van der Waals surface area contributed by atoms with Gasteiger partial charge >= 0.3 is 0 Å². The molecule has 0 aliphatic carbocycles. The van der Waals surface area contributed by atoms with Gasteiger partial charge in [0.1, 0.15) is 0 Å². The lowest BCUT2D eigenvalue weighted by Gasteiger charge is -2.38. The van der Waals surface area contributed by atoms with Gasteiger partial charge in [-0.2, -0.15) is 0 Å². The number of rotatable bonds is 4. The molecule has 1 N–H and O–H groups in total. The van der Waals surface area contributed by atoms with E-state index in [4.69, 9.17) is 16.3 Å². The number of nitrogens with one attached hydrogen (secondary N) is 1. The van der Waals surface area contributed by atoms with Gasteiger partial charge in [-0.1, -0.05) is 24.6 Å². The molecule has 1 heterocycles. The highest BCUT2D eigenvalue weighted by Gasteiger charge is 2.32. The van der Waals surface area contributed by atoms with Gasteiger partial charge in [0.25, 0.3) is 0 Å². The van der Waals surface area contributed by atoms with E-state index in [1.54, 1.807) is 0 Å². The predicted octanol–water partition coefficient (Wildman–Crippen LogP) is 3.23. The van der Waals surface area contributed by atoms with Crippen molar-refractivity contribution in [3.63, 3.8) is 0 Å². The molecule has 0 spiro atoms. The number of benzene rings is 1. The summed E-state index contributed by atoms with van der Waals surface area (Å²) in [5.74, 6) is 0. The topological polar surface area (TPSA) is 21.3 Å².